The van der Waals surface area contributed by atoms with Crippen molar-refractivity contribution >= 4 is 0 Å². The lowest BCUT2D eigenvalue weighted by Gasteiger charge is -2.18. The van der Waals surface area contributed by atoms with Gasteiger partial charge in [0, 0.05) is 5.92 Å². The number of rotatable bonds is 3. The third-order valence-electron chi connectivity index (χ3n) is 3.47. The summed E-state index contributed by atoms with van der Waals surface area (Å²) in [6.45, 7) is 2.02. The summed E-state index contributed by atoms with van der Waals surface area (Å²) in [4.78, 5) is 0. The quantitative estimate of drug-likeness (QED) is 0.915. The number of para-hydroxylation sites is 1. The van der Waals surface area contributed by atoms with Crippen molar-refractivity contribution in [2.45, 2.75) is 18.8 Å². The normalized spacial score (nSPS) is 16.5. The maximum Gasteiger partial charge on any atom is 0.251 e. The second-order valence-corrected chi connectivity index (χ2v) is 4.67. The van der Waals surface area contributed by atoms with Gasteiger partial charge in [-0.3, -0.25) is 0 Å². The van der Waals surface area contributed by atoms with Crippen LogP contribution in [0.15, 0.2) is 28.7 Å². The summed E-state index contributed by atoms with van der Waals surface area (Å²) in [6, 6.07) is 7.68. The van der Waals surface area contributed by atoms with E-state index >= 15 is 0 Å². The second kappa shape index (κ2) is 5.40. The molecule has 5 heteroatoms. The van der Waals surface area contributed by atoms with Crippen molar-refractivity contribution in [1.29, 1.82) is 0 Å². The third kappa shape index (κ3) is 2.46. The Hall–Kier alpha value is -1.88. The SMILES string of the molecule is COc1ccccc1-c1nnc(C2CCNCC2)o1. The van der Waals surface area contributed by atoms with Crippen LogP contribution in [0.5, 0.6) is 5.75 Å². The fourth-order valence-corrected chi connectivity index (χ4v) is 2.40. The monoisotopic (exact) mass is 259 g/mol. The zero-order valence-electron chi connectivity index (χ0n) is 10.9. The lowest BCUT2D eigenvalue weighted by atomic mass is 9.98. The summed E-state index contributed by atoms with van der Waals surface area (Å²) < 4.78 is 11.1. The Labute approximate surface area is 112 Å². The van der Waals surface area contributed by atoms with Crippen molar-refractivity contribution in [2.75, 3.05) is 20.2 Å². The molecule has 0 atom stereocenters. The maximum absolute atomic E-state index is 5.82. The topological polar surface area (TPSA) is 60.2 Å². The van der Waals surface area contributed by atoms with Crippen LogP contribution >= 0.6 is 0 Å². The van der Waals surface area contributed by atoms with Gasteiger partial charge in [0.05, 0.1) is 12.7 Å². The molecule has 5 nitrogen and oxygen atoms in total. The van der Waals surface area contributed by atoms with Gasteiger partial charge in [-0.2, -0.15) is 0 Å². The summed E-state index contributed by atoms with van der Waals surface area (Å²) in [5, 5.41) is 11.7. The lowest BCUT2D eigenvalue weighted by molar-refractivity contribution is 0.376. The van der Waals surface area contributed by atoms with Crippen LogP contribution in [0.3, 0.4) is 0 Å². The number of nitrogens with zero attached hydrogens (tertiary/aromatic N) is 2. The van der Waals surface area contributed by atoms with Crippen LogP contribution in [0, 0.1) is 0 Å². The van der Waals surface area contributed by atoms with Crippen molar-refractivity contribution in [3.63, 3.8) is 0 Å². The zero-order chi connectivity index (χ0) is 13.1. The summed E-state index contributed by atoms with van der Waals surface area (Å²) in [5.74, 6) is 2.40. The molecule has 1 fully saturated rings. The highest BCUT2D eigenvalue weighted by Crippen LogP contribution is 2.31. The van der Waals surface area contributed by atoms with Crippen LogP contribution in [0.2, 0.25) is 0 Å². The highest BCUT2D eigenvalue weighted by molar-refractivity contribution is 5.62. The highest BCUT2D eigenvalue weighted by atomic mass is 16.5. The van der Waals surface area contributed by atoms with Crippen LogP contribution < -0.4 is 10.1 Å². The van der Waals surface area contributed by atoms with E-state index in [1.165, 1.54) is 0 Å². The standard InChI is InChI=1S/C14H17N3O2/c1-18-12-5-3-2-4-11(12)14-17-16-13(19-14)10-6-8-15-9-7-10/h2-5,10,15H,6-9H2,1H3. The van der Waals surface area contributed by atoms with E-state index in [1.54, 1.807) is 7.11 Å². The maximum atomic E-state index is 5.82. The third-order valence-corrected chi connectivity index (χ3v) is 3.47. The van der Waals surface area contributed by atoms with Crippen molar-refractivity contribution in [1.82, 2.24) is 15.5 Å². The van der Waals surface area contributed by atoms with Crippen molar-refractivity contribution < 1.29 is 9.15 Å². The van der Waals surface area contributed by atoms with Gasteiger partial charge in [0.15, 0.2) is 0 Å². The van der Waals surface area contributed by atoms with Gasteiger partial charge in [-0.25, -0.2) is 0 Å². The Morgan fingerprint density at radius 1 is 1.21 bits per heavy atom. The van der Waals surface area contributed by atoms with Gasteiger partial charge >= 0.3 is 0 Å². The molecule has 2 heterocycles. The van der Waals surface area contributed by atoms with Gasteiger partial charge in [-0.1, -0.05) is 12.1 Å². The molecular formula is C14H17N3O2. The number of hydrogen-bond donors (Lipinski definition) is 1. The summed E-state index contributed by atoms with van der Waals surface area (Å²) in [6.07, 6.45) is 2.10. The van der Waals surface area contributed by atoms with Crippen LogP contribution in [0.25, 0.3) is 11.5 Å². The molecule has 19 heavy (non-hydrogen) atoms. The largest absolute Gasteiger partial charge is 0.496 e. The van der Waals surface area contributed by atoms with E-state index in [0.717, 1.165) is 43.1 Å². The second-order valence-electron chi connectivity index (χ2n) is 4.67. The predicted molar refractivity (Wildman–Crippen MR) is 71.1 cm³/mol. The fourth-order valence-electron chi connectivity index (χ4n) is 2.40. The van der Waals surface area contributed by atoms with Gasteiger partial charge in [0.25, 0.3) is 5.89 Å². The number of nitrogens with one attached hydrogen (secondary N) is 1. The van der Waals surface area contributed by atoms with E-state index in [1.807, 2.05) is 24.3 Å². The molecule has 1 N–H and O–H groups in total. The molecule has 1 aromatic carbocycles. The van der Waals surface area contributed by atoms with Gasteiger partial charge < -0.3 is 14.5 Å². The average Bonchev–Trinajstić information content (AvgIpc) is 2.98. The first-order chi connectivity index (χ1) is 9.38. The first-order valence-electron chi connectivity index (χ1n) is 6.56. The molecule has 2 aromatic rings. The smallest absolute Gasteiger partial charge is 0.251 e. The number of aromatic nitrogens is 2. The molecule has 0 spiro atoms. The molecular weight excluding hydrogens is 242 g/mol. The average molecular weight is 259 g/mol. The lowest BCUT2D eigenvalue weighted by Crippen LogP contribution is -2.26. The molecule has 1 saturated heterocycles. The highest BCUT2D eigenvalue weighted by Gasteiger charge is 2.22. The molecule has 0 bridgehead atoms. The van der Waals surface area contributed by atoms with Gasteiger partial charge in [0.2, 0.25) is 5.89 Å². The number of methoxy groups -OCH3 is 1. The molecule has 0 radical (unpaired) electrons. The Morgan fingerprint density at radius 3 is 2.79 bits per heavy atom. The van der Waals surface area contributed by atoms with Crippen molar-refractivity contribution in [3.05, 3.63) is 30.2 Å². The minimum Gasteiger partial charge on any atom is -0.496 e. The minimum absolute atomic E-state index is 0.372. The molecule has 0 saturated carbocycles. The van der Waals surface area contributed by atoms with Crippen LogP contribution in [-0.2, 0) is 0 Å². The molecule has 1 aliphatic rings. The molecule has 0 unspecified atom stereocenters. The van der Waals surface area contributed by atoms with E-state index < -0.39 is 0 Å². The van der Waals surface area contributed by atoms with Gasteiger partial charge in [-0.15, -0.1) is 10.2 Å². The Balaban J connectivity index is 1.88. The van der Waals surface area contributed by atoms with Crippen LogP contribution in [0.1, 0.15) is 24.7 Å². The van der Waals surface area contributed by atoms with E-state index in [0.29, 0.717) is 11.8 Å². The van der Waals surface area contributed by atoms with E-state index in [9.17, 15) is 0 Å². The molecule has 100 valence electrons. The van der Waals surface area contributed by atoms with Crippen LogP contribution in [-0.4, -0.2) is 30.4 Å². The Kier molecular flexibility index (Phi) is 3.46. The Bertz CT molecular complexity index is 547. The van der Waals surface area contributed by atoms with Crippen molar-refractivity contribution in [2.24, 2.45) is 0 Å². The predicted octanol–water partition coefficient (Wildman–Crippen LogP) is 2.21. The number of benzene rings is 1. The first kappa shape index (κ1) is 12.2. The molecule has 0 amide bonds. The first-order valence-corrected chi connectivity index (χ1v) is 6.56. The fraction of sp³-hybridized carbons (Fsp3) is 0.429. The summed E-state index contributed by atoms with van der Waals surface area (Å²) >= 11 is 0. The van der Waals surface area contributed by atoms with Crippen LogP contribution in [0.4, 0.5) is 0 Å². The number of ether oxygens (including phenoxy) is 1. The molecule has 1 aliphatic heterocycles. The summed E-state index contributed by atoms with van der Waals surface area (Å²) in [7, 11) is 1.64. The molecule has 1 aromatic heterocycles. The van der Waals surface area contributed by atoms with E-state index in [2.05, 4.69) is 15.5 Å². The molecule has 3 rings (SSSR count). The number of hydrogen-bond acceptors (Lipinski definition) is 5. The van der Waals surface area contributed by atoms with Crippen molar-refractivity contribution in [3.8, 4) is 17.2 Å². The minimum atomic E-state index is 0.372. The van der Waals surface area contributed by atoms with Gasteiger partial charge in [0.1, 0.15) is 5.75 Å². The zero-order valence-corrected chi connectivity index (χ0v) is 10.9. The Morgan fingerprint density at radius 2 is 2.00 bits per heavy atom. The summed E-state index contributed by atoms with van der Waals surface area (Å²) in [5.41, 5.74) is 0.845. The van der Waals surface area contributed by atoms with Gasteiger partial charge in [-0.05, 0) is 38.1 Å². The molecule has 0 aliphatic carbocycles. The van der Waals surface area contributed by atoms with E-state index in [-0.39, 0.29) is 0 Å². The number of piperidine rings is 1. The van der Waals surface area contributed by atoms with E-state index in [4.69, 9.17) is 9.15 Å².